The number of nitrogens with zero attached hydrogens (tertiary/aromatic N) is 2. The lowest BCUT2D eigenvalue weighted by atomic mass is 10.1. The molecule has 1 unspecified atom stereocenters. The lowest BCUT2D eigenvalue weighted by Gasteiger charge is -2.27. The number of carboxylic acid groups (broad SMARTS) is 1. The fourth-order valence-corrected chi connectivity index (χ4v) is 3.45. The van der Waals surface area contributed by atoms with Gasteiger partial charge in [-0.3, -0.25) is 14.6 Å². The van der Waals surface area contributed by atoms with Gasteiger partial charge in [0.1, 0.15) is 18.2 Å². The van der Waals surface area contributed by atoms with E-state index in [0.29, 0.717) is 25.8 Å². The number of aliphatic imine (C=N–C) groups is 1. The molecule has 1 aliphatic heterocycles. The number of hydrogen-bond donors (Lipinski definition) is 5. The fraction of sp³-hybridized carbons (Fsp3) is 0.500. The van der Waals surface area contributed by atoms with E-state index in [0.717, 1.165) is 5.56 Å². The van der Waals surface area contributed by atoms with Gasteiger partial charge in [-0.05, 0) is 31.2 Å². The van der Waals surface area contributed by atoms with Gasteiger partial charge in [0.05, 0.1) is 0 Å². The normalized spacial score (nSPS) is 17.8. The topological polar surface area (TPSA) is 171 Å². The zero-order valence-corrected chi connectivity index (χ0v) is 16.7. The van der Waals surface area contributed by atoms with Crippen LogP contribution in [-0.2, 0) is 20.8 Å². The van der Waals surface area contributed by atoms with Crippen molar-refractivity contribution in [1.82, 2.24) is 10.2 Å². The third-order valence-electron chi connectivity index (χ3n) is 4.96. The summed E-state index contributed by atoms with van der Waals surface area (Å²) in [7, 11) is 0. The molecule has 1 saturated heterocycles. The summed E-state index contributed by atoms with van der Waals surface area (Å²) < 4.78 is 0. The van der Waals surface area contributed by atoms with Gasteiger partial charge in [0, 0.05) is 19.5 Å². The number of carbonyl (C=O) groups excluding carboxylic acids is 2. The van der Waals surface area contributed by atoms with Gasteiger partial charge in [0.25, 0.3) is 5.91 Å². The monoisotopic (exact) mass is 419 g/mol. The zero-order valence-electron chi connectivity index (χ0n) is 16.7. The Morgan fingerprint density at radius 1 is 1.23 bits per heavy atom. The molecular weight excluding hydrogens is 390 g/mol. The quantitative estimate of drug-likeness (QED) is 0.188. The van der Waals surface area contributed by atoms with E-state index in [1.165, 1.54) is 4.90 Å². The number of aliphatic carboxylic acids is 1. The molecule has 1 heterocycles. The van der Waals surface area contributed by atoms with Crippen molar-refractivity contribution in [3.63, 3.8) is 0 Å². The molecule has 10 nitrogen and oxygen atoms in total. The minimum Gasteiger partial charge on any atom is -0.480 e. The minimum absolute atomic E-state index is 0.0833. The number of nitrogens with one attached hydrogen (secondary N) is 1. The molecule has 0 saturated carbocycles. The van der Waals surface area contributed by atoms with Gasteiger partial charge >= 0.3 is 5.97 Å². The van der Waals surface area contributed by atoms with Gasteiger partial charge in [-0.15, -0.1) is 0 Å². The summed E-state index contributed by atoms with van der Waals surface area (Å²) in [4.78, 5) is 42.0. The number of guanidine groups is 1. The molecule has 2 rings (SSSR count). The first-order valence-electron chi connectivity index (χ1n) is 9.90. The van der Waals surface area contributed by atoms with Crippen molar-refractivity contribution >= 4 is 23.7 Å². The highest BCUT2D eigenvalue weighted by atomic mass is 16.4. The summed E-state index contributed by atoms with van der Waals surface area (Å²) in [5.74, 6) is -2.33. The van der Waals surface area contributed by atoms with Crippen molar-refractivity contribution in [2.45, 2.75) is 50.3 Å². The number of benzene rings is 1. The molecule has 1 fully saturated rings. The van der Waals surface area contributed by atoms with E-state index in [-0.39, 0.29) is 25.3 Å². The maximum atomic E-state index is 12.7. The van der Waals surface area contributed by atoms with Crippen LogP contribution in [0.3, 0.4) is 0 Å². The SMILES string of the molecule is NC(N)=NCCC[C@H](NC(=O)[C@@H]1CCCN1C(=O)C(O)Cc1ccccc1)C(=O)O. The second-order valence-electron chi connectivity index (χ2n) is 7.24. The lowest BCUT2D eigenvalue weighted by molar-refractivity contribution is -0.147. The molecular formula is C20H29N5O5. The van der Waals surface area contributed by atoms with E-state index in [2.05, 4.69) is 10.3 Å². The number of carboxylic acids is 1. The van der Waals surface area contributed by atoms with Gasteiger partial charge in [-0.25, -0.2) is 4.79 Å². The molecule has 1 aromatic rings. The number of rotatable bonds is 10. The summed E-state index contributed by atoms with van der Waals surface area (Å²) in [6.45, 7) is 0.590. The van der Waals surface area contributed by atoms with Gasteiger partial charge in [-0.1, -0.05) is 30.3 Å². The van der Waals surface area contributed by atoms with Crippen molar-refractivity contribution in [3.05, 3.63) is 35.9 Å². The molecule has 1 aliphatic rings. The summed E-state index contributed by atoms with van der Waals surface area (Å²) >= 11 is 0. The Hall–Kier alpha value is -3.14. The third kappa shape index (κ3) is 6.73. The van der Waals surface area contributed by atoms with Gasteiger partial charge in [0.2, 0.25) is 5.91 Å². The molecule has 10 heteroatoms. The molecule has 0 aliphatic carbocycles. The largest absolute Gasteiger partial charge is 0.480 e. The Morgan fingerprint density at radius 3 is 2.57 bits per heavy atom. The number of aliphatic hydroxyl groups excluding tert-OH is 1. The van der Waals surface area contributed by atoms with Crippen LogP contribution in [0.25, 0.3) is 0 Å². The summed E-state index contributed by atoms with van der Waals surface area (Å²) in [6.07, 6.45) is 0.413. The first-order chi connectivity index (χ1) is 14.3. The maximum absolute atomic E-state index is 12.7. The summed E-state index contributed by atoms with van der Waals surface area (Å²) in [5.41, 5.74) is 11.3. The number of nitrogens with two attached hydrogens (primary N) is 2. The Kier molecular flexibility index (Phi) is 8.60. The number of hydrogen-bond acceptors (Lipinski definition) is 5. The molecule has 30 heavy (non-hydrogen) atoms. The second-order valence-corrected chi connectivity index (χ2v) is 7.24. The van der Waals surface area contributed by atoms with E-state index < -0.39 is 36.0 Å². The van der Waals surface area contributed by atoms with Gasteiger partial charge < -0.3 is 31.9 Å². The predicted molar refractivity (Wildman–Crippen MR) is 110 cm³/mol. The smallest absolute Gasteiger partial charge is 0.326 e. The van der Waals surface area contributed by atoms with E-state index in [4.69, 9.17) is 11.5 Å². The number of carbonyl (C=O) groups is 3. The molecule has 3 atom stereocenters. The number of amides is 2. The second kappa shape index (κ2) is 11.1. The van der Waals surface area contributed by atoms with E-state index >= 15 is 0 Å². The molecule has 0 aromatic heterocycles. The summed E-state index contributed by atoms with van der Waals surface area (Å²) in [5, 5.41) is 22.2. The molecule has 0 spiro atoms. The number of likely N-dealkylation sites (tertiary alicyclic amines) is 1. The Labute approximate surface area is 174 Å². The first-order valence-corrected chi connectivity index (χ1v) is 9.90. The van der Waals surface area contributed by atoms with Crippen molar-refractivity contribution in [3.8, 4) is 0 Å². The van der Waals surface area contributed by atoms with Crippen LogP contribution in [0.2, 0.25) is 0 Å². The van der Waals surface area contributed by atoms with E-state index in [9.17, 15) is 24.6 Å². The van der Waals surface area contributed by atoms with Crippen LogP contribution in [0.15, 0.2) is 35.3 Å². The van der Waals surface area contributed by atoms with Crippen molar-refractivity contribution in [2.24, 2.45) is 16.5 Å². The molecule has 0 bridgehead atoms. The van der Waals surface area contributed by atoms with Crippen LogP contribution in [0.4, 0.5) is 0 Å². The molecule has 7 N–H and O–H groups in total. The highest BCUT2D eigenvalue weighted by Gasteiger charge is 2.37. The van der Waals surface area contributed by atoms with Gasteiger partial charge in [0.15, 0.2) is 5.96 Å². The van der Waals surface area contributed by atoms with Crippen LogP contribution in [0.5, 0.6) is 0 Å². The van der Waals surface area contributed by atoms with Crippen LogP contribution in [-0.4, -0.2) is 70.1 Å². The maximum Gasteiger partial charge on any atom is 0.326 e. The van der Waals surface area contributed by atoms with Gasteiger partial charge in [-0.2, -0.15) is 0 Å². The van der Waals surface area contributed by atoms with Crippen molar-refractivity contribution < 1.29 is 24.6 Å². The molecule has 2 amide bonds. The number of aliphatic hydroxyl groups is 1. The predicted octanol–water partition coefficient (Wildman–Crippen LogP) is -0.796. The summed E-state index contributed by atoms with van der Waals surface area (Å²) in [6, 6.07) is 7.18. The molecule has 164 valence electrons. The first kappa shape index (κ1) is 23.1. The highest BCUT2D eigenvalue weighted by molar-refractivity contribution is 5.92. The lowest BCUT2D eigenvalue weighted by Crippen LogP contribution is -2.52. The van der Waals surface area contributed by atoms with Crippen LogP contribution in [0.1, 0.15) is 31.2 Å². The van der Waals surface area contributed by atoms with Crippen LogP contribution >= 0.6 is 0 Å². The highest BCUT2D eigenvalue weighted by Crippen LogP contribution is 2.20. The standard InChI is InChI=1S/C20H29N5O5/c21-20(22)23-10-4-8-14(19(29)30)24-17(27)15-9-5-11-25(15)18(28)16(26)12-13-6-2-1-3-7-13/h1-3,6-7,14-16,26H,4-5,8-12H2,(H,24,27)(H,29,30)(H4,21,22,23)/t14-,15-,16?/m0/s1. The van der Waals surface area contributed by atoms with Crippen LogP contribution < -0.4 is 16.8 Å². The Morgan fingerprint density at radius 2 is 1.93 bits per heavy atom. The van der Waals surface area contributed by atoms with Crippen molar-refractivity contribution in [1.29, 1.82) is 0 Å². The Balaban J connectivity index is 1.95. The minimum atomic E-state index is -1.27. The Bertz CT molecular complexity index is 766. The molecule has 0 radical (unpaired) electrons. The average Bonchev–Trinajstić information content (AvgIpc) is 3.19. The van der Waals surface area contributed by atoms with Crippen LogP contribution in [0, 0.1) is 0 Å². The van der Waals surface area contributed by atoms with Crippen molar-refractivity contribution in [2.75, 3.05) is 13.1 Å². The zero-order chi connectivity index (χ0) is 22.1. The van der Waals surface area contributed by atoms with E-state index in [1.54, 1.807) is 0 Å². The van der Waals surface area contributed by atoms with E-state index in [1.807, 2.05) is 30.3 Å². The third-order valence-corrected chi connectivity index (χ3v) is 4.96. The average molecular weight is 419 g/mol. The molecule has 1 aromatic carbocycles. The fourth-order valence-electron chi connectivity index (χ4n) is 3.45.